The van der Waals surface area contributed by atoms with Gasteiger partial charge >= 0.3 is 6.03 Å². The molecular weight excluding hydrogens is 366 g/mol. The molecule has 0 unspecified atom stereocenters. The maximum absolute atomic E-state index is 12.9. The zero-order valence-electron chi connectivity index (χ0n) is 17.1. The number of rotatable bonds is 3. The predicted molar refractivity (Wildman–Crippen MR) is 112 cm³/mol. The predicted octanol–water partition coefficient (Wildman–Crippen LogP) is 3.69. The van der Waals surface area contributed by atoms with Gasteiger partial charge in [-0.1, -0.05) is 30.3 Å². The van der Waals surface area contributed by atoms with Crippen molar-refractivity contribution in [3.05, 3.63) is 59.7 Å². The number of hydrogen-bond donors (Lipinski definition) is 1. The van der Waals surface area contributed by atoms with E-state index in [0.717, 1.165) is 22.6 Å². The molecule has 3 amide bonds. The SMILES string of the molecule is COc1ccc([C@H]2[C@@H]3CN(C(=O)Nc4ccccc4C)C[C@@H]3CN2C(C)=O)cc1. The molecule has 3 atom stereocenters. The molecule has 29 heavy (non-hydrogen) atoms. The Morgan fingerprint density at radius 2 is 1.76 bits per heavy atom. The van der Waals surface area contributed by atoms with Crippen LogP contribution in [0.25, 0.3) is 0 Å². The zero-order chi connectivity index (χ0) is 20.5. The fourth-order valence-corrected chi connectivity index (χ4v) is 4.67. The Balaban J connectivity index is 1.52. The Bertz CT molecular complexity index is 912. The maximum atomic E-state index is 12.9. The van der Waals surface area contributed by atoms with Crippen molar-refractivity contribution in [3.63, 3.8) is 0 Å². The second kappa shape index (κ2) is 7.78. The second-order valence-electron chi connectivity index (χ2n) is 7.96. The highest BCUT2D eigenvalue weighted by Gasteiger charge is 2.49. The van der Waals surface area contributed by atoms with Crippen molar-refractivity contribution in [1.29, 1.82) is 0 Å². The first kappa shape index (κ1) is 19.3. The largest absolute Gasteiger partial charge is 0.497 e. The molecule has 2 aliphatic rings. The number of urea groups is 1. The summed E-state index contributed by atoms with van der Waals surface area (Å²) in [6.45, 7) is 5.60. The van der Waals surface area contributed by atoms with E-state index in [1.165, 1.54) is 0 Å². The van der Waals surface area contributed by atoms with Crippen LogP contribution in [0.15, 0.2) is 48.5 Å². The molecule has 2 aromatic rings. The summed E-state index contributed by atoms with van der Waals surface area (Å²) in [5.41, 5.74) is 2.97. The van der Waals surface area contributed by atoms with E-state index >= 15 is 0 Å². The lowest BCUT2D eigenvalue weighted by molar-refractivity contribution is -0.130. The van der Waals surface area contributed by atoms with Crippen molar-refractivity contribution < 1.29 is 14.3 Å². The third-order valence-electron chi connectivity index (χ3n) is 6.20. The number of hydrogen-bond acceptors (Lipinski definition) is 3. The average Bonchev–Trinajstić information content (AvgIpc) is 3.28. The fourth-order valence-electron chi connectivity index (χ4n) is 4.67. The Morgan fingerprint density at radius 3 is 2.41 bits per heavy atom. The lowest BCUT2D eigenvalue weighted by Gasteiger charge is -2.29. The highest BCUT2D eigenvalue weighted by Crippen LogP contribution is 2.45. The van der Waals surface area contributed by atoms with Gasteiger partial charge in [-0.05, 0) is 36.2 Å². The molecule has 0 radical (unpaired) electrons. The van der Waals surface area contributed by atoms with Crippen molar-refractivity contribution in [3.8, 4) is 5.75 Å². The van der Waals surface area contributed by atoms with Crippen LogP contribution in [0.5, 0.6) is 5.75 Å². The lowest BCUT2D eigenvalue weighted by Crippen LogP contribution is -2.38. The van der Waals surface area contributed by atoms with Crippen molar-refractivity contribution in [2.75, 3.05) is 32.1 Å². The van der Waals surface area contributed by atoms with Gasteiger partial charge in [0.15, 0.2) is 0 Å². The first-order chi connectivity index (χ1) is 14.0. The maximum Gasteiger partial charge on any atom is 0.321 e. The molecule has 0 saturated carbocycles. The van der Waals surface area contributed by atoms with Crippen LogP contribution in [0.2, 0.25) is 0 Å². The number of nitrogens with zero attached hydrogens (tertiary/aromatic N) is 2. The number of ether oxygens (including phenoxy) is 1. The lowest BCUT2D eigenvalue weighted by atomic mass is 9.89. The number of anilines is 1. The van der Waals surface area contributed by atoms with E-state index in [-0.39, 0.29) is 29.8 Å². The molecule has 0 bridgehead atoms. The smallest absolute Gasteiger partial charge is 0.321 e. The molecule has 6 heteroatoms. The van der Waals surface area contributed by atoms with Gasteiger partial charge in [0, 0.05) is 44.1 Å². The number of nitrogens with one attached hydrogen (secondary N) is 1. The van der Waals surface area contributed by atoms with Gasteiger partial charge in [0.2, 0.25) is 5.91 Å². The molecule has 2 fully saturated rings. The Morgan fingerprint density at radius 1 is 1.03 bits per heavy atom. The van der Waals surface area contributed by atoms with E-state index in [0.29, 0.717) is 19.6 Å². The normalized spacial score (nSPS) is 23.1. The van der Waals surface area contributed by atoms with E-state index in [1.807, 2.05) is 65.3 Å². The minimum Gasteiger partial charge on any atom is -0.497 e. The summed E-state index contributed by atoms with van der Waals surface area (Å²) in [6.07, 6.45) is 0. The van der Waals surface area contributed by atoms with Gasteiger partial charge in [-0.2, -0.15) is 0 Å². The van der Waals surface area contributed by atoms with Gasteiger partial charge in [0.25, 0.3) is 0 Å². The van der Waals surface area contributed by atoms with Gasteiger partial charge < -0.3 is 19.9 Å². The molecule has 2 aromatic carbocycles. The molecule has 0 aromatic heterocycles. The number of likely N-dealkylation sites (tertiary alicyclic amines) is 2. The molecule has 1 N–H and O–H groups in total. The average molecular weight is 393 g/mol. The minimum atomic E-state index is -0.0726. The van der Waals surface area contributed by atoms with Crippen molar-refractivity contribution in [1.82, 2.24) is 9.80 Å². The summed E-state index contributed by atoms with van der Waals surface area (Å²) in [4.78, 5) is 29.0. The molecule has 0 aliphatic carbocycles. The summed E-state index contributed by atoms with van der Waals surface area (Å²) < 4.78 is 5.27. The summed E-state index contributed by atoms with van der Waals surface area (Å²) in [5, 5.41) is 3.03. The number of carbonyl (C=O) groups is 2. The number of amides is 3. The second-order valence-corrected chi connectivity index (χ2v) is 7.96. The fraction of sp³-hybridized carbons (Fsp3) is 0.391. The Hall–Kier alpha value is -3.02. The monoisotopic (exact) mass is 393 g/mol. The third kappa shape index (κ3) is 3.67. The molecule has 2 saturated heterocycles. The van der Waals surface area contributed by atoms with E-state index < -0.39 is 0 Å². The van der Waals surface area contributed by atoms with Crippen LogP contribution in [-0.4, -0.2) is 48.5 Å². The van der Waals surface area contributed by atoms with Crippen LogP contribution in [0, 0.1) is 18.8 Å². The Kier molecular flexibility index (Phi) is 5.18. The first-order valence-electron chi connectivity index (χ1n) is 10.0. The van der Waals surface area contributed by atoms with Crippen LogP contribution in [0.4, 0.5) is 10.5 Å². The number of aryl methyl sites for hydroxylation is 1. The van der Waals surface area contributed by atoms with E-state index in [2.05, 4.69) is 5.32 Å². The molecule has 4 rings (SSSR count). The van der Waals surface area contributed by atoms with Gasteiger partial charge in [0.05, 0.1) is 13.2 Å². The summed E-state index contributed by atoms with van der Waals surface area (Å²) in [7, 11) is 1.64. The van der Waals surface area contributed by atoms with Crippen LogP contribution in [-0.2, 0) is 4.79 Å². The van der Waals surface area contributed by atoms with Gasteiger partial charge in [0.1, 0.15) is 5.75 Å². The highest BCUT2D eigenvalue weighted by molar-refractivity contribution is 5.90. The number of methoxy groups -OCH3 is 1. The summed E-state index contributed by atoms with van der Waals surface area (Å²) in [6, 6.07) is 15.6. The van der Waals surface area contributed by atoms with E-state index in [1.54, 1.807) is 14.0 Å². The summed E-state index contributed by atoms with van der Waals surface area (Å²) in [5.74, 6) is 1.39. The molecule has 0 spiro atoms. The molecular formula is C23H27N3O3. The number of para-hydroxylation sites is 1. The molecule has 6 nitrogen and oxygen atoms in total. The van der Waals surface area contributed by atoms with Crippen molar-refractivity contribution in [2.45, 2.75) is 19.9 Å². The van der Waals surface area contributed by atoms with Crippen molar-refractivity contribution >= 4 is 17.6 Å². The minimum absolute atomic E-state index is 0.0142. The number of benzene rings is 2. The van der Waals surface area contributed by atoms with E-state index in [9.17, 15) is 9.59 Å². The topological polar surface area (TPSA) is 61.9 Å². The summed E-state index contributed by atoms with van der Waals surface area (Å²) >= 11 is 0. The molecule has 2 aliphatic heterocycles. The van der Waals surface area contributed by atoms with Gasteiger partial charge in [-0.25, -0.2) is 4.79 Å². The standard InChI is InChI=1S/C23H27N3O3/c1-15-6-4-5-7-21(15)24-23(28)25-12-18-13-26(16(2)27)22(20(18)14-25)17-8-10-19(29-3)11-9-17/h4-11,18,20,22H,12-14H2,1-3H3,(H,24,28)/t18-,20-,22+/m1/s1. The van der Waals surface area contributed by atoms with Crippen molar-refractivity contribution in [2.24, 2.45) is 11.8 Å². The molecule has 152 valence electrons. The highest BCUT2D eigenvalue weighted by atomic mass is 16.5. The Labute approximate surface area is 171 Å². The van der Waals surface area contributed by atoms with E-state index in [4.69, 9.17) is 4.74 Å². The van der Waals surface area contributed by atoms with Crippen LogP contribution in [0.3, 0.4) is 0 Å². The first-order valence-corrected chi connectivity index (χ1v) is 10.0. The van der Waals surface area contributed by atoms with Crippen LogP contribution < -0.4 is 10.1 Å². The molecule has 2 heterocycles. The van der Waals surface area contributed by atoms with Crippen LogP contribution in [0.1, 0.15) is 24.1 Å². The number of fused-ring (bicyclic) bond motifs is 1. The zero-order valence-corrected chi connectivity index (χ0v) is 17.1. The van der Waals surface area contributed by atoms with Gasteiger partial charge in [-0.15, -0.1) is 0 Å². The van der Waals surface area contributed by atoms with Crippen LogP contribution >= 0.6 is 0 Å². The third-order valence-corrected chi connectivity index (χ3v) is 6.20. The van der Waals surface area contributed by atoms with Gasteiger partial charge in [-0.3, -0.25) is 4.79 Å². The number of carbonyl (C=O) groups excluding carboxylic acids is 2. The quantitative estimate of drug-likeness (QED) is 0.865.